The van der Waals surface area contributed by atoms with Crippen LogP contribution in [0.3, 0.4) is 0 Å². The van der Waals surface area contributed by atoms with Crippen molar-refractivity contribution >= 4 is 0 Å². The van der Waals surface area contributed by atoms with Gasteiger partial charge < -0.3 is 5.32 Å². The maximum Gasteiger partial charge on any atom is 0.0252 e. The lowest BCUT2D eigenvalue weighted by Gasteiger charge is -2.38. The van der Waals surface area contributed by atoms with Crippen molar-refractivity contribution in [2.24, 2.45) is 0 Å². The number of hydrogen-bond acceptors (Lipinski definition) is 2. The Labute approximate surface area is 74.3 Å². The second kappa shape index (κ2) is 2.71. The van der Waals surface area contributed by atoms with E-state index < -0.39 is 0 Å². The molecule has 2 heteroatoms. The maximum absolute atomic E-state index is 3.65. The van der Waals surface area contributed by atoms with Crippen LogP contribution >= 0.6 is 0 Å². The average molecular weight is 166 g/mol. The molecule has 2 nitrogen and oxygen atoms in total. The zero-order chi connectivity index (χ0) is 7.97. The van der Waals surface area contributed by atoms with Crippen molar-refractivity contribution in [2.75, 3.05) is 13.1 Å². The first kappa shape index (κ1) is 7.34. The Hall–Kier alpha value is -0.0800. The summed E-state index contributed by atoms with van der Waals surface area (Å²) >= 11 is 0. The standard InChI is InChI=1S/C10H18N2/c1-2-9-10(3-1)12(7-6-11-9)8-4-5-8/h8-11H,1-7H2/t9-,10+/m0/s1. The minimum atomic E-state index is 0.847. The van der Waals surface area contributed by atoms with Gasteiger partial charge in [-0.3, -0.25) is 4.90 Å². The normalized spacial score (nSPS) is 43.0. The Morgan fingerprint density at radius 3 is 2.83 bits per heavy atom. The first-order chi connectivity index (χ1) is 5.95. The van der Waals surface area contributed by atoms with Crippen LogP contribution in [0.1, 0.15) is 32.1 Å². The Bertz CT molecular complexity index is 177. The summed E-state index contributed by atoms with van der Waals surface area (Å²) in [5.74, 6) is 0. The zero-order valence-corrected chi connectivity index (χ0v) is 7.63. The van der Waals surface area contributed by atoms with E-state index in [4.69, 9.17) is 0 Å². The van der Waals surface area contributed by atoms with Gasteiger partial charge in [-0.05, 0) is 25.7 Å². The molecule has 0 bridgehead atoms. The van der Waals surface area contributed by atoms with Crippen LogP contribution in [0.4, 0.5) is 0 Å². The molecule has 2 saturated carbocycles. The SMILES string of the molecule is C1C[C@@H]2NCCN(C3CC3)[C@@H]2C1. The van der Waals surface area contributed by atoms with E-state index in [1.165, 1.54) is 45.2 Å². The topological polar surface area (TPSA) is 15.3 Å². The van der Waals surface area contributed by atoms with E-state index in [1.807, 2.05) is 0 Å². The van der Waals surface area contributed by atoms with Crippen molar-refractivity contribution in [1.82, 2.24) is 10.2 Å². The van der Waals surface area contributed by atoms with Crippen LogP contribution in [0.5, 0.6) is 0 Å². The molecule has 0 unspecified atom stereocenters. The molecule has 68 valence electrons. The molecule has 2 atom stereocenters. The molecule has 0 spiro atoms. The van der Waals surface area contributed by atoms with Gasteiger partial charge in [0.25, 0.3) is 0 Å². The minimum Gasteiger partial charge on any atom is -0.311 e. The van der Waals surface area contributed by atoms with Gasteiger partial charge in [0.05, 0.1) is 0 Å². The smallest absolute Gasteiger partial charge is 0.0252 e. The van der Waals surface area contributed by atoms with Gasteiger partial charge in [0, 0.05) is 31.2 Å². The summed E-state index contributed by atoms with van der Waals surface area (Å²) in [4.78, 5) is 2.79. The van der Waals surface area contributed by atoms with Gasteiger partial charge in [-0.25, -0.2) is 0 Å². The Morgan fingerprint density at radius 1 is 1.08 bits per heavy atom. The van der Waals surface area contributed by atoms with Gasteiger partial charge in [-0.2, -0.15) is 0 Å². The van der Waals surface area contributed by atoms with Gasteiger partial charge in [0.15, 0.2) is 0 Å². The molecule has 3 aliphatic rings. The number of nitrogens with one attached hydrogen (secondary N) is 1. The second-order valence-corrected chi connectivity index (χ2v) is 4.53. The van der Waals surface area contributed by atoms with Gasteiger partial charge in [-0.15, -0.1) is 0 Å². The van der Waals surface area contributed by atoms with Crippen LogP contribution in [-0.2, 0) is 0 Å². The molecule has 1 heterocycles. The van der Waals surface area contributed by atoms with Crippen molar-refractivity contribution in [3.05, 3.63) is 0 Å². The van der Waals surface area contributed by atoms with E-state index in [-0.39, 0.29) is 0 Å². The summed E-state index contributed by atoms with van der Waals surface area (Å²) in [5, 5.41) is 3.65. The molecular weight excluding hydrogens is 148 g/mol. The van der Waals surface area contributed by atoms with E-state index in [1.54, 1.807) is 0 Å². The molecule has 2 aliphatic carbocycles. The van der Waals surface area contributed by atoms with E-state index >= 15 is 0 Å². The third-order valence-corrected chi connectivity index (χ3v) is 3.70. The van der Waals surface area contributed by atoms with E-state index in [0.717, 1.165) is 18.1 Å². The lowest BCUT2D eigenvalue weighted by Crippen LogP contribution is -2.55. The average Bonchev–Trinajstić information content (AvgIpc) is 2.82. The summed E-state index contributed by atoms with van der Waals surface area (Å²) in [7, 11) is 0. The van der Waals surface area contributed by atoms with Crippen LogP contribution in [-0.4, -0.2) is 36.1 Å². The fourth-order valence-corrected chi connectivity index (χ4v) is 2.98. The third kappa shape index (κ3) is 1.09. The maximum atomic E-state index is 3.65. The van der Waals surface area contributed by atoms with Crippen LogP contribution < -0.4 is 5.32 Å². The van der Waals surface area contributed by atoms with Crippen molar-refractivity contribution < 1.29 is 0 Å². The van der Waals surface area contributed by atoms with Gasteiger partial charge in [0.1, 0.15) is 0 Å². The number of hydrogen-bond donors (Lipinski definition) is 1. The van der Waals surface area contributed by atoms with E-state index in [0.29, 0.717) is 0 Å². The predicted octanol–water partition coefficient (Wildman–Crippen LogP) is 0.975. The lowest BCUT2D eigenvalue weighted by atomic mass is 10.1. The molecule has 0 aromatic rings. The molecule has 3 rings (SSSR count). The van der Waals surface area contributed by atoms with Gasteiger partial charge in [-0.1, -0.05) is 6.42 Å². The lowest BCUT2D eigenvalue weighted by molar-refractivity contribution is 0.128. The summed E-state index contributed by atoms with van der Waals surface area (Å²) in [6.45, 7) is 2.55. The molecule has 0 aromatic carbocycles. The third-order valence-electron chi connectivity index (χ3n) is 3.70. The highest BCUT2D eigenvalue weighted by molar-refractivity contribution is 4.99. The number of rotatable bonds is 1. The van der Waals surface area contributed by atoms with Crippen LogP contribution in [0, 0.1) is 0 Å². The Kier molecular flexibility index (Phi) is 1.66. The van der Waals surface area contributed by atoms with Crippen molar-refractivity contribution in [3.63, 3.8) is 0 Å². The van der Waals surface area contributed by atoms with Crippen LogP contribution in [0.25, 0.3) is 0 Å². The van der Waals surface area contributed by atoms with Gasteiger partial charge in [0.2, 0.25) is 0 Å². The number of fused-ring (bicyclic) bond motifs is 1. The first-order valence-electron chi connectivity index (χ1n) is 5.44. The van der Waals surface area contributed by atoms with Crippen LogP contribution in [0.15, 0.2) is 0 Å². The molecule has 0 radical (unpaired) electrons. The summed E-state index contributed by atoms with van der Waals surface area (Å²) in [6, 6.07) is 2.74. The molecule has 1 saturated heterocycles. The summed E-state index contributed by atoms with van der Waals surface area (Å²) in [6.07, 6.45) is 7.28. The summed E-state index contributed by atoms with van der Waals surface area (Å²) < 4.78 is 0. The second-order valence-electron chi connectivity index (χ2n) is 4.53. The highest BCUT2D eigenvalue weighted by Gasteiger charge is 2.41. The molecule has 1 N–H and O–H groups in total. The highest BCUT2D eigenvalue weighted by atomic mass is 15.3. The number of piperazine rings is 1. The van der Waals surface area contributed by atoms with Gasteiger partial charge >= 0.3 is 0 Å². The molecule has 0 amide bonds. The van der Waals surface area contributed by atoms with E-state index in [2.05, 4.69) is 10.2 Å². The molecule has 12 heavy (non-hydrogen) atoms. The first-order valence-corrected chi connectivity index (χ1v) is 5.44. The molecule has 0 aromatic heterocycles. The minimum absolute atomic E-state index is 0.847. The van der Waals surface area contributed by atoms with Crippen molar-refractivity contribution in [1.29, 1.82) is 0 Å². The predicted molar refractivity (Wildman–Crippen MR) is 49.2 cm³/mol. The molecular formula is C10H18N2. The Balaban J connectivity index is 1.74. The van der Waals surface area contributed by atoms with E-state index in [9.17, 15) is 0 Å². The molecule has 3 fully saturated rings. The van der Waals surface area contributed by atoms with Crippen molar-refractivity contribution in [3.8, 4) is 0 Å². The highest BCUT2D eigenvalue weighted by Crippen LogP contribution is 2.35. The largest absolute Gasteiger partial charge is 0.311 e. The summed E-state index contributed by atoms with van der Waals surface area (Å²) in [5.41, 5.74) is 0. The fourth-order valence-electron chi connectivity index (χ4n) is 2.98. The molecule has 1 aliphatic heterocycles. The fraction of sp³-hybridized carbons (Fsp3) is 1.00. The van der Waals surface area contributed by atoms with Crippen molar-refractivity contribution in [2.45, 2.75) is 50.2 Å². The van der Waals surface area contributed by atoms with Crippen LogP contribution in [0.2, 0.25) is 0 Å². The zero-order valence-electron chi connectivity index (χ0n) is 7.63. The number of nitrogens with zero attached hydrogens (tertiary/aromatic N) is 1. The quantitative estimate of drug-likeness (QED) is 0.624. The Morgan fingerprint density at radius 2 is 2.00 bits per heavy atom. The monoisotopic (exact) mass is 166 g/mol.